The zero-order valence-corrected chi connectivity index (χ0v) is 13.0. The summed E-state index contributed by atoms with van der Waals surface area (Å²) in [7, 11) is 0. The minimum Gasteiger partial charge on any atom is -0.483 e. The molecule has 1 amide bonds. The van der Waals surface area contributed by atoms with Gasteiger partial charge in [-0.15, -0.1) is 0 Å². The van der Waals surface area contributed by atoms with E-state index in [1.807, 2.05) is 32.0 Å². The van der Waals surface area contributed by atoms with Crippen molar-refractivity contribution in [3.05, 3.63) is 29.3 Å². The molecule has 116 valence electrons. The molecular weight excluding hydrogens is 264 g/mol. The summed E-state index contributed by atoms with van der Waals surface area (Å²) in [6, 6.07) is 6.18. The molecule has 4 heteroatoms. The van der Waals surface area contributed by atoms with E-state index in [-0.39, 0.29) is 18.6 Å². The van der Waals surface area contributed by atoms with Crippen LogP contribution in [0.4, 0.5) is 0 Å². The summed E-state index contributed by atoms with van der Waals surface area (Å²) in [5.41, 5.74) is 7.90. The van der Waals surface area contributed by atoms with E-state index in [2.05, 4.69) is 5.32 Å². The lowest BCUT2D eigenvalue weighted by Gasteiger charge is -2.31. The molecule has 0 aliphatic heterocycles. The van der Waals surface area contributed by atoms with Gasteiger partial charge in [0.2, 0.25) is 0 Å². The van der Waals surface area contributed by atoms with Gasteiger partial charge in [-0.1, -0.05) is 31.0 Å². The number of carbonyl (C=O) groups excluding carboxylic acids is 1. The van der Waals surface area contributed by atoms with E-state index in [0.717, 1.165) is 29.7 Å². The van der Waals surface area contributed by atoms with Gasteiger partial charge in [-0.2, -0.15) is 0 Å². The Labute approximate surface area is 127 Å². The molecule has 4 nitrogen and oxygen atoms in total. The van der Waals surface area contributed by atoms with Crippen LogP contribution >= 0.6 is 0 Å². The van der Waals surface area contributed by atoms with Crippen molar-refractivity contribution in [3.63, 3.8) is 0 Å². The predicted octanol–water partition coefficient (Wildman–Crippen LogP) is 2.32. The zero-order chi connectivity index (χ0) is 15.2. The van der Waals surface area contributed by atoms with Gasteiger partial charge in [-0.05, 0) is 50.3 Å². The second-order valence-electron chi connectivity index (χ2n) is 5.96. The van der Waals surface area contributed by atoms with Crippen LogP contribution in [0.25, 0.3) is 0 Å². The first-order valence-electron chi connectivity index (χ1n) is 7.80. The molecule has 1 aliphatic carbocycles. The van der Waals surface area contributed by atoms with Crippen LogP contribution < -0.4 is 15.8 Å². The Hall–Kier alpha value is -1.55. The van der Waals surface area contributed by atoms with Gasteiger partial charge in [-0.3, -0.25) is 4.79 Å². The van der Waals surface area contributed by atoms with Crippen molar-refractivity contribution in [2.75, 3.05) is 13.2 Å². The number of rotatable bonds is 5. The molecule has 0 aromatic heterocycles. The van der Waals surface area contributed by atoms with Crippen molar-refractivity contribution < 1.29 is 9.53 Å². The van der Waals surface area contributed by atoms with Crippen molar-refractivity contribution in [2.45, 2.75) is 45.6 Å². The number of hydrogen-bond acceptors (Lipinski definition) is 3. The summed E-state index contributed by atoms with van der Waals surface area (Å²) < 4.78 is 5.70. The minimum atomic E-state index is -0.0528. The maximum absolute atomic E-state index is 12.1. The van der Waals surface area contributed by atoms with Gasteiger partial charge in [0.05, 0.1) is 0 Å². The van der Waals surface area contributed by atoms with Crippen LogP contribution in [0.2, 0.25) is 0 Å². The fourth-order valence-electron chi connectivity index (χ4n) is 3.09. The zero-order valence-electron chi connectivity index (χ0n) is 13.0. The average Bonchev–Trinajstić information content (AvgIpc) is 2.47. The maximum atomic E-state index is 12.1. The molecule has 2 rings (SSSR count). The third-order valence-corrected chi connectivity index (χ3v) is 4.31. The number of aryl methyl sites for hydroxylation is 2. The molecule has 21 heavy (non-hydrogen) atoms. The fraction of sp³-hybridized carbons (Fsp3) is 0.588. The van der Waals surface area contributed by atoms with Gasteiger partial charge in [0.15, 0.2) is 6.61 Å². The first-order valence-corrected chi connectivity index (χ1v) is 7.80. The standard InChI is InChI=1S/C17H26N2O2/c1-12-6-5-7-13(2)17(12)21-11-16(20)19-15-9-4-3-8-14(15)10-18/h5-7,14-15H,3-4,8-11,18H2,1-2H3,(H,19,20). The van der Waals surface area contributed by atoms with Crippen molar-refractivity contribution in [2.24, 2.45) is 11.7 Å². The molecule has 1 fully saturated rings. The molecule has 0 bridgehead atoms. The number of carbonyl (C=O) groups is 1. The smallest absolute Gasteiger partial charge is 0.258 e. The molecule has 1 aliphatic rings. The van der Waals surface area contributed by atoms with Crippen LogP contribution in [0.1, 0.15) is 36.8 Å². The third-order valence-electron chi connectivity index (χ3n) is 4.31. The Kier molecular flexibility index (Phi) is 5.62. The lowest BCUT2D eigenvalue weighted by atomic mass is 9.84. The highest BCUT2D eigenvalue weighted by Gasteiger charge is 2.25. The third kappa shape index (κ3) is 4.21. The first-order chi connectivity index (χ1) is 10.1. The van der Waals surface area contributed by atoms with Crippen LogP contribution in [0.3, 0.4) is 0 Å². The molecule has 0 saturated heterocycles. The van der Waals surface area contributed by atoms with E-state index in [1.54, 1.807) is 0 Å². The maximum Gasteiger partial charge on any atom is 0.258 e. The van der Waals surface area contributed by atoms with Gasteiger partial charge in [-0.25, -0.2) is 0 Å². The summed E-state index contributed by atoms with van der Waals surface area (Å²) in [6.07, 6.45) is 4.52. The molecule has 0 heterocycles. The van der Waals surface area contributed by atoms with Crippen molar-refractivity contribution in [3.8, 4) is 5.75 Å². The van der Waals surface area contributed by atoms with Crippen molar-refractivity contribution >= 4 is 5.91 Å². The molecular formula is C17H26N2O2. The number of amides is 1. The quantitative estimate of drug-likeness (QED) is 0.874. The largest absolute Gasteiger partial charge is 0.483 e. The lowest BCUT2D eigenvalue weighted by molar-refractivity contribution is -0.124. The van der Waals surface area contributed by atoms with Gasteiger partial charge in [0.1, 0.15) is 5.75 Å². The molecule has 0 radical (unpaired) electrons. The van der Waals surface area contributed by atoms with Crippen LogP contribution in [0.15, 0.2) is 18.2 Å². The summed E-state index contributed by atoms with van der Waals surface area (Å²) in [4.78, 5) is 12.1. The van der Waals surface area contributed by atoms with Crippen LogP contribution in [-0.2, 0) is 4.79 Å². The molecule has 3 N–H and O–H groups in total. The van der Waals surface area contributed by atoms with E-state index in [4.69, 9.17) is 10.5 Å². The number of nitrogens with two attached hydrogens (primary N) is 1. The average molecular weight is 290 g/mol. The predicted molar refractivity (Wildman–Crippen MR) is 84.4 cm³/mol. The van der Waals surface area contributed by atoms with Crippen molar-refractivity contribution in [1.82, 2.24) is 5.32 Å². The minimum absolute atomic E-state index is 0.0528. The van der Waals surface area contributed by atoms with Gasteiger partial charge in [0.25, 0.3) is 5.91 Å². The number of hydrogen-bond donors (Lipinski definition) is 2. The van der Waals surface area contributed by atoms with Crippen LogP contribution in [0, 0.1) is 19.8 Å². The topological polar surface area (TPSA) is 64.3 Å². The highest BCUT2D eigenvalue weighted by atomic mass is 16.5. The lowest BCUT2D eigenvalue weighted by Crippen LogP contribution is -2.46. The summed E-state index contributed by atoms with van der Waals surface area (Å²) in [6.45, 7) is 4.69. The monoisotopic (exact) mass is 290 g/mol. The second-order valence-corrected chi connectivity index (χ2v) is 5.96. The summed E-state index contributed by atoms with van der Waals surface area (Å²) in [5.74, 6) is 1.16. The van der Waals surface area contributed by atoms with E-state index in [9.17, 15) is 4.79 Å². The Morgan fingerprint density at radius 2 is 1.95 bits per heavy atom. The summed E-state index contributed by atoms with van der Waals surface area (Å²) in [5, 5.41) is 3.09. The molecule has 1 saturated carbocycles. The number of nitrogens with one attached hydrogen (secondary N) is 1. The van der Waals surface area contributed by atoms with E-state index in [1.165, 1.54) is 12.8 Å². The normalized spacial score (nSPS) is 21.9. The Morgan fingerprint density at radius 1 is 1.29 bits per heavy atom. The molecule has 1 aromatic rings. The Bertz CT molecular complexity index is 467. The summed E-state index contributed by atoms with van der Waals surface area (Å²) >= 11 is 0. The molecule has 2 unspecified atom stereocenters. The van der Waals surface area contributed by atoms with Crippen molar-refractivity contribution in [1.29, 1.82) is 0 Å². The fourth-order valence-corrected chi connectivity index (χ4v) is 3.09. The molecule has 1 aromatic carbocycles. The number of ether oxygens (including phenoxy) is 1. The SMILES string of the molecule is Cc1cccc(C)c1OCC(=O)NC1CCCCC1CN. The van der Waals surface area contributed by atoms with E-state index in [0.29, 0.717) is 12.5 Å². The number of para-hydroxylation sites is 1. The van der Waals surface area contributed by atoms with Gasteiger partial charge in [0, 0.05) is 6.04 Å². The highest BCUT2D eigenvalue weighted by Crippen LogP contribution is 2.24. The van der Waals surface area contributed by atoms with E-state index >= 15 is 0 Å². The number of benzene rings is 1. The Morgan fingerprint density at radius 3 is 2.62 bits per heavy atom. The second kappa shape index (κ2) is 7.46. The molecule has 2 atom stereocenters. The van der Waals surface area contributed by atoms with Crippen LogP contribution in [0.5, 0.6) is 5.75 Å². The van der Waals surface area contributed by atoms with Gasteiger partial charge < -0.3 is 15.8 Å². The molecule has 0 spiro atoms. The van der Waals surface area contributed by atoms with E-state index < -0.39 is 0 Å². The Balaban J connectivity index is 1.87. The van der Waals surface area contributed by atoms with Crippen LogP contribution in [-0.4, -0.2) is 25.1 Å². The first kappa shape index (κ1) is 15.8. The van der Waals surface area contributed by atoms with Gasteiger partial charge >= 0.3 is 0 Å². The highest BCUT2D eigenvalue weighted by molar-refractivity contribution is 5.78.